The van der Waals surface area contributed by atoms with E-state index in [1.165, 1.54) is 28.7 Å². The minimum atomic E-state index is -0.137. The Kier molecular flexibility index (Phi) is 6.29. The summed E-state index contributed by atoms with van der Waals surface area (Å²) >= 11 is 2.73. The van der Waals surface area contributed by atoms with Crippen LogP contribution in [0.15, 0.2) is 57.6 Å². The number of aromatic nitrogens is 4. The molecule has 0 aliphatic heterocycles. The molecule has 154 valence electrons. The number of hydrogen-bond donors (Lipinski definition) is 1. The van der Waals surface area contributed by atoms with E-state index in [1.54, 1.807) is 16.9 Å². The van der Waals surface area contributed by atoms with Crippen LogP contribution in [0.4, 0.5) is 5.13 Å². The van der Waals surface area contributed by atoms with Crippen LogP contribution in [0.2, 0.25) is 0 Å². The van der Waals surface area contributed by atoms with E-state index in [1.807, 2.05) is 18.5 Å². The van der Waals surface area contributed by atoms with Gasteiger partial charge in [0, 0.05) is 18.0 Å². The van der Waals surface area contributed by atoms with Gasteiger partial charge in [-0.25, -0.2) is 4.98 Å². The third-order valence-corrected chi connectivity index (χ3v) is 6.23. The standard InChI is InChI=1S/C21H21N5O2S2/c1-3-5-14-7-9-15(10-8-14)16-12-29-20(22-16)23-18(27)13-30-21-25-24-19(26(21)2)17-6-4-11-28-17/h4,6-12H,3,5,13H2,1-2H3,(H,22,23,27). The Morgan fingerprint density at radius 3 is 2.80 bits per heavy atom. The fraction of sp³-hybridized carbons (Fsp3) is 0.238. The number of carbonyl (C=O) groups excluding carboxylic acids is 1. The van der Waals surface area contributed by atoms with Crippen LogP contribution in [0, 0.1) is 0 Å². The lowest BCUT2D eigenvalue weighted by atomic mass is 10.1. The highest BCUT2D eigenvalue weighted by Crippen LogP contribution is 2.26. The fourth-order valence-corrected chi connectivity index (χ4v) is 4.39. The van der Waals surface area contributed by atoms with Crippen LogP contribution >= 0.6 is 23.1 Å². The number of amides is 1. The van der Waals surface area contributed by atoms with Crippen LogP contribution in [0.3, 0.4) is 0 Å². The molecule has 7 nitrogen and oxygen atoms in total. The SMILES string of the molecule is CCCc1ccc(-c2csc(NC(=O)CSc3nnc(-c4ccco4)n3C)n2)cc1. The Labute approximate surface area is 182 Å². The van der Waals surface area contributed by atoms with Crippen molar-refractivity contribution in [2.24, 2.45) is 7.05 Å². The molecule has 0 unspecified atom stereocenters. The van der Waals surface area contributed by atoms with E-state index in [4.69, 9.17) is 4.42 Å². The van der Waals surface area contributed by atoms with Gasteiger partial charge in [-0.05, 0) is 24.1 Å². The van der Waals surface area contributed by atoms with E-state index < -0.39 is 0 Å². The number of nitrogens with zero attached hydrogens (tertiary/aromatic N) is 4. The lowest BCUT2D eigenvalue weighted by molar-refractivity contribution is -0.113. The zero-order valence-electron chi connectivity index (χ0n) is 16.7. The maximum absolute atomic E-state index is 12.4. The van der Waals surface area contributed by atoms with Gasteiger partial charge in [-0.3, -0.25) is 4.79 Å². The maximum atomic E-state index is 12.4. The van der Waals surface area contributed by atoms with Crippen molar-refractivity contribution in [3.63, 3.8) is 0 Å². The number of hydrogen-bond acceptors (Lipinski definition) is 7. The largest absolute Gasteiger partial charge is 0.461 e. The molecule has 0 saturated heterocycles. The molecule has 30 heavy (non-hydrogen) atoms. The molecule has 1 aromatic carbocycles. The number of rotatable bonds is 8. The van der Waals surface area contributed by atoms with Crippen molar-refractivity contribution in [2.45, 2.75) is 24.9 Å². The normalized spacial score (nSPS) is 11.0. The van der Waals surface area contributed by atoms with Gasteiger partial charge in [-0.2, -0.15) is 0 Å². The second-order valence-electron chi connectivity index (χ2n) is 6.66. The van der Waals surface area contributed by atoms with E-state index in [2.05, 4.69) is 51.7 Å². The molecule has 1 amide bonds. The molecular weight excluding hydrogens is 418 g/mol. The summed E-state index contributed by atoms with van der Waals surface area (Å²) in [7, 11) is 1.84. The lowest BCUT2D eigenvalue weighted by Crippen LogP contribution is -2.14. The predicted molar refractivity (Wildman–Crippen MR) is 120 cm³/mol. The summed E-state index contributed by atoms with van der Waals surface area (Å²) in [5.41, 5.74) is 3.23. The third kappa shape index (κ3) is 4.63. The predicted octanol–water partition coefficient (Wildman–Crippen LogP) is 4.88. The van der Waals surface area contributed by atoms with Crippen molar-refractivity contribution < 1.29 is 9.21 Å². The Morgan fingerprint density at radius 2 is 2.07 bits per heavy atom. The average Bonchev–Trinajstić information content (AvgIpc) is 3.49. The number of thioether (sulfide) groups is 1. The van der Waals surface area contributed by atoms with E-state index in [0.717, 1.165) is 24.1 Å². The minimum absolute atomic E-state index is 0.137. The van der Waals surface area contributed by atoms with Crippen LogP contribution in [-0.2, 0) is 18.3 Å². The summed E-state index contributed by atoms with van der Waals surface area (Å²) in [4.78, 5) is 16.9. The highest BCUT2D eigenvalue weighted by Gasteiger charge is 2.15. The minimum Gasteiger partial charge on any atom is -0.461 e. The lowest BCUT2D eigenvalue weighted by Gasteiger charge is -2.03. The highest BCUT2D eigenvalue weighted by atomic mass is 32.2. The van der Waals surface area contributed by atoms with E-state index in [9.17, 15) is 4.79 Å². The van der Waals surface area contributed by atoms with E-state index in [0.29, 0.717) is 21.9 Å². The number of aryl methyl sites for hydroxylation is 1. The molecule has 3 aromatic heterocycles. The van der Waals surface area contributed by atoms with Gasteiger partial charge in [0.25, 0.3) is 0 Å². The van der Waals surface area contributed by atoms with Crippen molar-refractivity contribution in [1.29, 1.82) is 0 Å². The summed E-state index contributed by atoms with van der Waals surface area (Å²) in [5.74, 6) is 1.34. The van der Waals surface area contributed by atoms with Crippen molar-refractivity contribution in [2.75, 3.05) is 11.1 Å². The molecule has 4 rings (SSSR count). The Bertz CT molecular complexity index is 1120. The first kappa shape index (κ1) is 20.4. The summed E-state index contributed by atoms with van der Waals surface area (Å²) in [6, 6.07) is 12.0. The zero-order chi connectivity index (χ0) is 20.9. The molecular formula is C21H21N5O2S2. The molecule has 0 spiro atoms. The summed E-state index contributed by atoms with van der Waals surface area (Å²) in [6.07, 6.45) is 3.79. The molecule has 4 aromatic rings. The molecule has 0 saturated carbocycles. The fourth-order valence-electron chi connectivity index (χ4n) is 2.94. The Balaban J connectivity index is 1.34. The second kappa shape index (κ2) is 9.27. The van der Waals surface area contributed by atoms with Crippen molar-refractivity contribution >= 4 is 34.1 Å². The number of nitrogens with one attached hydrogen (secondary N) is 1. The smallest absolute Gasteiger partial charge is 0.236 e. The van der Waals surface area contributed by atoms with Gasteiger partial charge in [0.2, 0.25) is 5.91 Å². The number of furan rings is 1. The Hall–Kier alpha value is -2.91. The van der Waals surface area contributed by atoms with Crippen LogP contribution in [0.1, 0.15) is 18.9 Å². The van der Waals surface area contributed by atoms with Crippen LogP contribution in [0.25, 0.3) is 22.8 Å². The quantitative estimate of drug-likeness (QED) is 0.394. The molecule has 0 aliphatic rings. The second-order valence-corrected chi connectivity index (χ2v) is 8.46. The molecule has 0 aliphatic carbocycles. The summed E-state index contributed by atoms with van der Waals surface area (Å²) in [5, 5.41) is 14.3. The van der Waals surface area contributed by atoms with Crippen LogP contribution in [-0.4, -0.2) is 31.4 Å². The first-order chi connectivity index (χ1) is 14.6. The molecule has 9 heteroatoms. The van der Waals surface area contributed by atoms with Gasteiger partial charge in [-0.15, -0.1) is 21.5 Å². The number of anilines is 1. The molecule has 0 fully saturated rings. The van der Waals surface area contributed by atoms with Crippen molar-refractivity contribution in [3.05, 3.63) is 53.6 Å². The average molecular weight is 440 g/mol. The van der Waals surface area contributed by atoms with Gasteiger partial charge in [0.1, 0.15) is 0 Å². The van der Waals surface area contributed by atoms with Crippen LogP contribution < -0.4 is 5.32 Å². The Morgan fingerprint density at radius 1 is 1.23 bits per heavy atom. The topological polar surface area (TPSA) is 85.8 Å². The monoisotopic (exact) mass is 439 g/mol. The molecule has 1 N–H and O–H groups in total. The first-order valence-corrected chi connectivity index (χ1v) is 11.4. The first-order valence-electron chi connectivity index (χ1n) is 9.55. The van der Waals surface area contributed by atoms with Crippen molar-refractivity contribution in [1.82, 2.24) is 19.7 Å². The van der Waals surface area contributed by atoms with E-state index in [-0.39, 0.29) is 11.7 Å². The van der Waals surface area contributed by atoms with E-state index >= 15 is 0 Å². The third-order valence-electron chi connectivity index (χ3n) is 4.45. The zero-order valence-corrected chi connectivity index (χ0v) is 18.3. The van der Waals surface area contributed by atoms with Gasteiger partial charge < -0.3 is 14.3 Å². The van der Waals surface area contributed by atoms with Gasteiger partial charge in [0.15, 0.2) is 21.9 Å². The number of benzene rings is 1. The number of thiazole rings is 1. The molecule has 0 radical (unpaired) electrons. The van der Waals surface area contributed by atoms with Crippen molar-refractivity contribution in [3.8, 4) is 22.8 Å². The van der Waals surface area contributed by atoms with Gasteiger partial charge in [0.05, 0.1) is 17.7 Å². The molecule has 0 atom stereocenters. The molecule has 3 heterocycles. The maximum Gasteiger partial charge on any atom is 0.236 e. The highest BCUT2D eigenvalue weighted by molar-refractivity contribution is 7.99. The van der Waals surface area contributed by atoms with Crippen LogP contribution in [0.5, 0.6) is 0 Å². The number of carbonyl (C=O) groups is 1. The summed E-state index contributed by atoms with van der Waals surface area (Å²) in [6.45, 7) is 2.17. The summed E-state index contributed by atoms with van der Waals surface area (Å²) < 4.78 is 7.16. The molecule has 0 bridgehead atoms. The van der Waals surface area contributed by atoms with Gasteiger partial charge >= 0.3 is 0 Å². The van der Waals surface area contributed by atoms with Gasteiger partial charge in [-0.1, -0.05) is 49.4 Å².